The standard InChI is InChI=1S/C9H7BrClN3S/c1-5(11)4-14-8-7(13-9(14)15)2-6(10)3-12-8/h2-3H,1,4H2,(H,13,15). The minimum Gasteiger partial charge on any atom is -0.329 e. The van der Waals surface area contributed by atoms with Crippen LogP contribution in [0.2, 0.25) is 0 Å². The van der Waals surface area contributed by atoms with Crippen LogP contribution in [0.15, 0.2) is 28.3 Å². The van der Waals surface area contributed by atoms with Crippen molar-refractivity contribution < 1.29 is 0 Å². The molecule has 2 aromatic heterocycles. The van der Waals surface area contributed by atoms with Gasteiger partial charge >= 0.3 is 0 Å². The van der Waals surface area contributed by atoms with Gasteiger partial charge in [-0.2, -0.15) is 0 Å². The first-order valence-corrected chi connectivity index (χ1v) is 5.73. The summed E-state index contributed by atoms with van der Waals surface area (Å²) < 4.78 is 3.31. The van der Waals surface area contributed by atoms with E-state index in [1.165, 1.54) is 0 Å². The monoisotopic (exact) mass is 303 g/mol. The first-order valence-electron chi connectivity index (χ1n) is 4.15. The first kappa shape index (κ1) is 10.9. The summed E-state index contributed by atoms with van der Waals surface area (Å²) in [5.41, 5.74) is 1.66. The van der Waals surface area contributed by atoms with Gasteiger partial charge in [-0.25, -0.2) is 4.98 Å². The minimum atomic E-state index is 0.467. The molecule has 2 aromatic rings. The lowest BCUT2D eigenvalue weighted by molar-refractivity contribution is 0.814. The van der Waals surface area contributed by atoms with E-state index in [1.807, 2.05) is 10.6 Å². The van der Waals surface area contributed by atoms with Crippen molar-refractivity contribution in [1.29, 1.82) is 0 Å². The Labute approximate surface area is 105 Å². The van der Waals surface area contributed by atoms with Crippen molar-refractivity contribution in [1.82, 2.24) is 14.5 Å². The van der Waals surface area contributed by atoms with Crippen molar-refractivity contribution in [3.63, 3.8) is 0 Å². The van der Waals surface area contributed by atoms with Gasteiger partial charge in [0.15, 0.2) is 10.4 Å². The Hall–Kier alpha value is -0.650. The number of allylic oxidation sites excluding steroid dienone is 1. The molecule has 3 nitrogen and oxygen atoms in total. The average molecular weight is 305 g/mol. The van der Waals surface area contributed by atoms with Gasteiger partial charge in [-0.05, 0) is 34.2 Å². The molecule has 0 spiro atoms. The number of rotatable bonds is 2. The van der Waals surface area contributed by atoms with Crippen molar-refractivity contribution in [2.24, 2.45) is 0 Å². The molecule has 0 aliphatic heterocycles. The van der Waals surface area contributed by atoms with Crippen molar-refractivity contribution >= 4 is 50.9 Å². The lowest BCUT2D eigenvalue weighted by Crippen LogP contribution is -1.98. The van der Waals surface area contributed by atoms with Crippen LogP contribution in [0.1, 0.15) is 0 Å². The topological polar surface area (TPSA) is 33.6 Å². The number of H-pyrrole nitrogens is 1. The van der Waals surface area contributed by atoms with E-state index >= 15 is 0 Å². The molecule has 0 bridgehead atoms. The van der Waals surface area contributed by atoms with E-state index in [9.17, 15) is 0 Å². The Bertz CT molecular complexity index is 587. The zero-order chi connectivity index (χ0) is 11.0. The number of aromatic amines is 1. The van der Waals surface area contributed by atoms with Crippen LogP contribution in [0.4, 0.5) is 0 Å². The smallest absolute Gasteiger partial charge is 0.179 e. The Kier molecular flexibility index (Phi) is 2.95. The van der Waals surface area contributed by atoms with Crippen LogP contribution in [0.5, 0.6) is 0 Å². The number of hydrogen-bond acceptors (Lipinski definition) is 2. The summed E-state index contributed by atoms with van der Waals surface area (Å²) in [5, 5.41) is 0.525. The molecule has 0 aliphatic rings. The van der Waals surface area contributed by atoms with E-state index in [2.05, 4.69) is 32.5 Å². The molecule has 0 atom stereocenters. The Morgan fingerprint density at radius 1 is 1.73 bits per heavy atom. The molecule has 6 heteroatoms. The predicted molar refractivity (Wildman–Crippen MR) is 67.6 cm³/mol. The van der Waals surface area contributed by atoms with E-state index < -0.39 is 0 Å². The van der Waals surface area contributed by atoms with Crippen LogP contribution in [0, 0.1) is 4.77 Å². The number of fused-ring (bicyclic) bond motifs is 1. The fraction of sp³-hybridized carbons (Fsp3) is 0.111. The number of pyridine rings is 1. The second-order valence-electron chi connectivity index (χ2n) is 3.06. The van der Waals surface area contributed by atoms with Crippen molar-refractivity contribution in [3.05, 3.63) is 33.1 Å². The fourth-order valence-corrected chi connectivity index (χ4v) is 2.05. The SMILES string of the molecule is C=C(Cl)Cn1c(=S)[nH]c2cc(Br)cnc21. The number of imidazole rings is 1. The van der Waals surface area contributed by atoms with Crippen molar-refractivity contribution in [2.75, 3.05) is 0 Å². The maximum Gasteiger partial charge on any atom is 0.179 e. The number of nitrogens with one attached hydrogen (secondary N) is 1. The molecule has 1 N–H and O–H groups in total. The highest BCUT2D eigenvalue weighted by atomic mass is 79.9. The molecular formula is C9H7BrClN3S. The van der Waals surface area contributed by atoms with Gasteiger partial charge in [0, 0.05) is 15.7 Å². The quantitative estimate of drug-likeness (QED) is 0.860. The molecule has 0 aliphatic carbocycles. The molecule has 0 fully saturated rings. The van der Waals surface area contributed by atoms with Gasteiger partial charge in [0.1, 0.15) is 0 Å². The normalized spacial score (nSPS) is 10.8. The van der Waals surface area contributed by atoms with E-state index in [1.54, 1.807) is 6.20 Å². The number of nitrogens with zero attached hydrogens (tertiary/aromatic N) is 2. The second-order valence-corrected chi connectivity index (χ2v) is 4.90. The summed E-state index contributed by atoms with van der Waals surface area (Å²) in [4.78, 5) is 7.33. The summed E-state index contributed by atoms with van der Waals surface area (Å²) in [7, 11) is 0. The van der Waals surface area contributed by atoms with Crippen LogP contribution in [-0.2, 0) is 6.54 Å². The van der Waals surface area contributed by atoms with Gasteiger partial charge in [-0.1, -0.05) is 18.2 Å². The minimum absolute atomic E-state index is 0.467. The van der Waals surface area contributed by atoms with Gasteiger partial charge in [0.2, 0.25) is 0 Å². The van der Waals surface area contributed by atoms with Crippen LogP contribution in [0.3, 0.4) is 0 Å². The average Bonchev–Trinajstić information content (AvgIpc) is 2.41. The highest BCUT2D eigenvalue weighted by molar-refractivity contribution is 9.10. The lowest BCUT2D eigenvalue weighted by Gasteiger charge is -2.00. The molecular weight excluding hydrogens is 298 g/mol. The van der Waals surface area contributed by atoms with Crippen molar-refractivity contribution in [3.8, 4) is 0 Å². The molecule has 0 radical (unpaired) electrons. The molecule has 2 rings (SSSR count). The summed E-state index contributed by atoms with van der Waals surface area (Å²) >= 11 is 14.3. The van der Waals surface area contributed by atoms with E-state index in [4.69, 9.17) is 23.8 Å². The summed E-state index contributed by atoms with van der Waals surface area (Å²) in [6.45, 7) is 4.11. The van der Waals surface area contributed by atoms with E-state index in [-0.39, 0.29) is 0 Å². The summed E-state index contributed by atoms with van der Waals surface area (Å²) in [5.74, 6) is 0. The molecule has 78 valence electrons. The third-order valence-corrected chi connectivity index (χ3v) is 2.78. The molecule has 0 saturated carbocycles. The van der Waals surface area contributed by atoms with Crippen LogP contribution >= 0.6 is 39.7 Å². The molecule has 15 heavy (non-hydrogen) atoms. The number of aromatic nitrogens is 3. The zero-order valence-electron chi connectivity index (χ0n) is 7.63. The highest BCUT2D eigenvalue weighted by Crippen LogP contribution is 2.18. The third kappa shape index (κ3) is 2.14. The van der Waals surface area contributed by atoms with Crippen LogP contribution in [-0.4, -0.2) is 14.5 Å². The zero-order valence-corrected chi connectivity index (χ0v) is 10.8. The molecule has 2 heterocycles. The number of hydrogen-bond donors (Lipinski definition) is 1. The van der Waals surface area contributed by atoms with Gasteiger partial charge in [0.25, 0.3) is 0 Å². The molecule has 0 aromatic carbocycles. The second kappa shape index (κ2) is 4.08. The Morgan fingerprint density at radius 2 is 2.47 bits per heavy atom. The van der Waals surface area contributed by atoms with Crippen molar-refractivity contribution in [2.45, 2.75) is 6.54 Å². The van der Waals surface area contributed by atoms with Gasteiger partial charge in [-0.3, -0.25) is 4.57 Å². The Morgan fingerprint density at radius 3 is 3.13 bits per heavy atom. The van der Waals surface area contributed by atoms with Gasteiger partial charge in [0.05, 0.1) is 12.1 Å². The van der Waals surface area contributed by atoms with Gasteiger partial charge < -0.3 is 4.98 Å². The maximum atomic E-state index is 5.76. The van der Waals surface area contributed by atoms with E-state index in [0.29, 0.717) is 16.3 Å². The largest absolute Gasteiger partial charge is 0.329 e. The van der Waals surface area contributed by atoms with Crippen LogP contribution < -0.4 is 0 Å². The lowest BCUT2D eigenvalue weighted by atomic mass is 10.4. The molecule has 0 amide bonds. The maximum absolute atomic E-state index is 5.76. The Balaban J connectivity index is 2.68. The predicted octanol–water partition coefficient (Wildman–Crippen LogP) is 3.61. The van der Waals surface area contributed by atoms with Crippen LogP contribution in [0.25, 0.3) is 11.2 Å². The summed E-state index contributed by atoms with van der Waals surface area (Å²) in [6.07, 6.45) is 1.72. The third-order valence-electron chi connectivity index (χ3n) is 1.91. The highest BCUT2D eigenvalue weighted by Gasteiger charge is 2.06. The fourth-order valence-electron chi connectivity index (χ4n) is 1.34. The van der Waals surface area contributed by atoms with Gasteiger partial charge in [-0.15, -0.1) is 0 Å². The first-order chi connectivity index (χ1) is 7.08. The van der Waals surface area contributed by atoms with E-state index in [0.717, 1.165) is 15.6 Å². The molecule has 0 unspecified atom stereocenters. The summed E-state index contributed by atoms with van der Waals surface area (Å²) in [6, 6.07) is 1.92. The number of halogens is 2. The molecule has 0 saturated heterocycles.